The number of sulfonamides is 1. The molecule has 7 nitrogen and oxygen atoms in total. The van der Waals surface area contributed by atoms with Crippen molar-refractivity contribution < 1.29 is 18.3 Å². The van der Waals surface area contributed by atoms with E-state index in [2.05, 4.69) is 4.72 Å². The molecule has 1 amide bonds. The highest BCUT2D eigenvalue weighted by molar-refractivity contribution is 7.92. The Hall–Kier alpha value is -3.67. The lowest BCUT2D eigenvalue weighted by molar-refractivity contribution is -0.0162. The van der Waals surface area contributed by atoms with E-state index < -0.39 is 15.6 Å². The third kappa shape index (κ3) is 5.45. The normalized spacial score (nSPS) is 15.4. The zero-order valence-electron chi connectivity index (χ0n) is 18.5. The number of nitrogens with one attached hydrogen (secondary N) is 1. The van der Waals surface area contributed by atoms with E-state index in [0.717, 1.165) is 5.56 Å². The van der Waals surface area contributed by atoms with Crippen LogP contribution in [-0.2, 0) is 16.4 Å². The monoisotopic (exact) mass is 475 g/mol. The Labute approximate surface area is 199 Å². The summed E-state index contributed by atoms with van der Waals surface area (Å²) in [5, 5.41) is 19.8. The molecule has 1 fully saturated rings. The molecule has 0 saturated carbocycles. The van der Waals surface area contributed by atoms with Crippen molar-refractivity contribution in [2.24, 2.45) is 0 Å². The number of aliphatic hydroxyl groups is 1. The number of nitrogens with zero attached hydrogens (tertiary/aromatic N) is 2. The number of anilines is 1. The van der Waals surface area contributed by atoms with Gasteiger partial charge < -0.3 is 10.0 Å². The smallest absolute Gasteiger partial charge is 0.261 e. The minimum Gasteiger partial charge on any atom is -0.389 e. The van der Waals surface area contributed by atoms with Crippen LogP contribution in [0.4, 0.5) is 5.69 Å². The Kier molecular flexibility index (Phi) is 6.68. The van der Waals surface area contributed by atoms with Crippen LogP contribution in [0.2, 0.25) is 0 Å². The number of amides is 1. The number of piperidine rings is 1. The molecule has 1 aliphatic heterocycles. The van der Waals surface area contributed by atoms with Crippen LogP contribution < -0.4 is 4.72 Å². The molecule has 0 atom stereocenters. The number of likely N-dealkylation sites (tertiary alicyclic amines) is 1. The molecule has 0 bridgehead atoms. The lowest BCUT2D eigenvalue weighted by Crippen LogP contribution is -2.47. The quantitative estimate of drug-likeness (QED) is 0.566. The highest BCUT2D eigenvalue weighted by Crippen LogP contribution is 2.27. The first-order valence-corrected chi connectivity index (χ1v) is 12.4. The minimum absolute atomic E-state index is 0.0444. The molecule has 0 aliphatic carbocycles. The van der Waals surface area contributed by atoms with Gasteiger partial charge in [-0.1, -0.05) is 30.3 Å². The molecule has 174 valence electrons. The van der Waals surface area contributed by atoms with Crippen molar-refractivity contribution in [1.29, 1.82) is 5.26 Å². The van der Waals surface area contributed by atoms with Gasteiger partial charge in [0.25, 0.3) is 15.9 Å². The Morgan fingerprint density at radius 2 is 1.59 bits per heavy atom. The Morgan fingerprint density at radius 3 is 2.18 bits per heavy atom. The number of carbonyl (C=O) groups excluding carboxylic acids is 1. The van der Waals surface area contributed by atoms with Gasteiger partial charge in [0.2, 0.25) is 0 Å². The Balaban J connectivity index is 1.36. The molecule has 1 aliphatic rings. The third-order valence-corrected chi connectivity index (χ3v) is 7.43. The zero-order chi connectivity index (χ0) is 24.2. The van der Waals surface area contributed by atoms with E-state index in [1.165, 1.54) is 24.3 Å². The molecule has 0 aromatic heterocycles. The van der Waals surface area contributed by atoms with Crippen molar-refractivity contribution in [3.63, 3.8) is 0 Å². The summed E-state index contributed by atoms with van der Waals surface area (Å²) in [7, 11) is -3.81. The lowest BCUT2D eigenvalue weighted by Gasteiger charge is -2.38. The molecule has 0 radical (unpaired) electrons. The molecular weight excluding hydrogens is 450 g/mol. The molecular formula is C26H25N3O4S. The van der Waals surface area contributed by atoms with Crippen LogP contribution in [0, 0.1) is 11.3 Å². The summed E-state index contributed by atoms with van der Waals surface area (Å²) < 4.78 is 27.6. The zero-order valence-corrected chi connectivity index (χ0v) is 19.3. The number of hydrogen-bond acceptors (Lipinski definition) is 5. The SMILES string of the molecule is N#Cc1ccc(S(=O)(=O)Nc2ccc(C(=O)N3CCC(O)(Cc4ccccc4)CC3)cc2)cc1. The van der Waals surface area contributed by atoms with Gasteiger partial charge in [0.15, 0.2) is 0 Å². The van der Waals surface area contributed by atoms with Crippen LogP contribution in [0.3, 0.4) is 0 Å². The molecule has 0 unspecified atom stereocenters. The second-order valence-corrected chi connectivity index (χ2v) is 10.2. The third-order valence-electron chi connectivity index (χ3n) is 6.04. The minimum atomic E-state index is -3.81. The molecule has 3 aromatic rings. The van der Waals surface area contributed by atoms with Gasteiger partial charge in [-0.25, -0.2) is 8.42 Å². The number of carbonyl (C=O) groups is 1. The van der Waals surface area contributed by atoms with Gasteiger partial charge in [-0.2, -0.15) is 5.26 Å². The van der Waals surface area contributed by atoms with Gasteiger partial charge in [0.1, 0.15) is 0 Å². The van der Waals surface area contributed by atoms with Crippen LogP contribution >= 0.6 is 0 Å². The summed E-state index contributed by atoms with van der Waals surface area (Å²) in [6.07, 6.45) is 1.55. The van der Waals surface area contributed by atoms with E-state index in [1.807, 2.05) is 36.4 Å². The molecule has 34 heavy (non-hydrogen) atoms. The largest absolute Gasteiger partial charge is 0.389 e. The first-order valence-electron chi connectivity index (χ1n) is 11.0. The average Bonchev–Trinajstić information content (AvgIpc) is 2.85. The highest BCUT2D eigenvalue weighted by Gasteiger charge is 2.34. The fraction of sp³-hybridized carbons (Fsp3) is 0.231. The number of hydrogen-bond donors (Lipinski definition) is 2. The topological polar surface area (TPSA) is 110 Å². The Bertz CT molecular complexity index is 1290. The predicted molar refractivity (Wildman–Crippen MR) is 129 cm³/mol. The fourth-order valence-corrected chi connectivity index (χ4v) is 5.12. The number of rotatable bonds is 6. The maximum absolute atomic E-state index is 12.9. The van der Waals surface area contributed by atoms with Crippen LogP contribution in [0.1, 0.15) is 34.3 Å². The van der Waals surface area contributed by atoms with E-state index in [4.69, 9.17) is 5.26 Å². The Morgan fingerprint density at radius 1 is 0.971 bits per heavy atom. The summed E-state index contributed by atoms with van der Waals surface area (Å²) in [4.78, 5) is 14.7. The van der Waals surface area contributed by atoms with Gasteiger partial charge in [-0.05, 0) is 66.9 Å². The van der Waals surface area contributed by atoms with Crippen molar-refractivity contribution in [3.05, 3.63) is 95.6 Å². The summed E-state index contributed by atoms with van der Waals surface area (Å²) in [5.74, 6) is -0.150. The number of benzene rings is 3. The molecule has 4 rings (SSSR count). The highest BCUT2D eigenvalue weighted by atomic mass is 32.2. The van der Waals surface area contributed by atoms with Crippen molar-refractivity contribution in [1.82, 2.24) is 4.90 Å². The summed E-state index contributed by atoms with van der Waals surface area (Å²) in [6, 6.07) is 23.7. The van der Waals surface area contributed by atoms with Crippen molar-refractivity contribution in [2.45, 2.75) is 29.8 Å². The van der Waals surface area contributed by atoms with Gasteiger partial charge >= 0.3 is 0 Å². The van der Waals surface area contributed by atoms with Gasteiger partial charge in [-0.3, -0.25) is 9.52 Å². The second-order valence-electron chi connectivity index (χ2n) is 8.50. The van der Waals surface area contributed by atoms with E-state index >= 15 is 0 Å². The van der Waals surface area contributed by atoms with Crippen LogP contribution in [0.15, 0.2) is 83.8 Å². The van der Waals surface area contributed by atoms with E-state index in [1.54, 1.807) is 29.2 Å². The molecule has 1 saturated heterocycles. The van der Waals surface area contributed by atoms with Crippen LogP contribution in [0.25, 0.3) is 0 Å². The van der Waals surface area contributed by atoms with E-state index in [0.29, 0.717) is 49.2 Å². The summed E-state index contributed by atoms with van der Waals surface area (Å²) >= 11 is 0. The van der Waals surface area contributed by atoms with Crippen molar-refractivity contribution in [2.75, 3.05) is 17.8 Å². The molecule has 1 heterocycles. The first kappa shape index (κ1) is 23.5. The molecule has 8 heteroatoms. The summed E-state index contributed by atoms with van der Waals surface area (Å²) in [5.41, 5.74) is 1.40. The van der Waals surface area contributed by atoms with Gasteiger partial charge in [-0.15, -0.1) is 0 Å². The summed E-state index contributed by atoms with van der Waals surface area (Å²) in [6.45, 7) is 0.907. The van der Waals surface area contributed by atoms with Crippen molar-refractivity contribution in [3.8, 4) is 6.07 Å². The maximum atomic E-state index is 12.9. The maximum Gasteiger partial charge on any atom is 0.261 e. The van der Waals surface area contributed by atoms with Crippen LogP contribution in [-0.4, -0.2) is 43.0 Å². The van der Waals surface area contributed by atoms with E-state index in [9.17, 15) is 18.3 Å². The predicted octanol–water partition coefficient (Wildman–Crippen LogP) is 3.57. The molecule has 0 spiro atoms. The first-order chi connectivity index (χ1) is 16.3. The standard InChI is InChI=1S/C26H25N3O4S/c27-19-21-6-12-24(13-7-21)34(32,33)28-23-10-8-22(9-11-23)25(30)29-16-14-26(31,15-17-29)18-20-4-2-1-3-5-20/h1-13,28,31H,14-18H2. The second kappa shape index (κ2) is 9.67. The van der Waals surface area contributed by atoms with Gasteiger partial charge in [0.05, 0.1) is 22.1 Å². The van der Waals surface area contributed by atoms with Crippen LogP contribution in [0.5, 0.6) is 0 Å². The van der Waals surface area contributed by atoms with E-state index in [-0.39, 0.29) is 10.8 Å². The molecule has 3 aromatic carbocycles. The average molecular weight is 476 g/mol. The number of nitriles is 1. The fourth-order valence-electron chi connectivity index (χ4n) is 4.06. The molecule has 2 N–H and O–H groups in total. The van der Waals surface area contributed by atoms with Crippen molar-refractivity contribution >= 4 is 21.6 Å². The van der Waals surface area contributed by atoms with Gasteiger partial charge in [0, 0.05) is 30.8 Å². The lowest BCUT2D eigenvalue weighted by atomic mass is 9.85.